The number of aromatic nitrogens is 1. The topological polar surface area (TPSA) is 64.7 Å². The molecule has 0 radical (unpaired) electrons. The van der Waals surface area contributed by atoms with Gasteiger partial charge in [-0.25, -0.2) is 0 Å². The first kappa shape index (κ1) is 20.3. The van der Waals surface area contributed by atoms with Gasteiger partial charge in [0.05, 0.1) is 18.0 Å². The largest absolute Gasteiger partial charge is 0.466 e. The smallest absolute Gasteiger partial charge is 0.310 e. The van der Waals surface area contributed by atoms with E-state index in [0.29, 0.717) is 37.5 Å². The monoisotopic (exact) mass is 408 g/mol. The molecule has 1 saturated heterocycles. The van der Waals surface area contributed by atoms with Gasteiger partial charge in [-0.05, 0) is 39.2 Å². The molecule has 6 heteroatoms. The highest BCUT2D eigenvalue weighted by molar-refractivity contribution is 5.98. The summed E-state index contributed by atoms with van der Waals surface area (Å²) in [6.45, 7) is 7.76. The summed E-state index contributed by atoms with van der Waals surface area (Å²) < 4.78 is 13.0. The van der Waals surface area contributed by atoms with Crippen molar-refractivity contribution in [2.45, 2.75) is 40.2 Å². The molecular weight excluding hydrogens is 380 g/mol. The third kappa shape index (κ3) is 3.99. The normalized spacial score (nSPS) is 16.8. The summed E-state index contributed by atoms with van der Waals surface area (Å²) in [5, 5.41) is 0. The van der Waals surface area contributed by atoms with Crippen molar-refractivity contribution in [3.8, 4) is 0 Å². The van der Waals surface area contributed by atoms with Crippen LogP contribution in [-0.2, 0) is 16.1 Å². The number of esters is 1. The first-order valence-corrected chi connectivity index (χ1v) is 10.6. The summed E-state index contributed by atoms with van der Waals surface area (Å²) in [5.41, 5.74) is 4.53. The van der Waals surface area contributed by atoms with E-state index in [4.69, 9.17) is 9.15 Å². The summed E-state index contributed by atoms with van der Waals surface area (Å²) >= 11 is 0. The number of fused-ring (bicyclic) bond motifs is 1. The molecule has 158 valence electrons. The zero-order valence-electron chi connectivity index (χ0n) is 17.8. The van der Waals surface area contributed by atoms with Gasteiger partial charge < -0.3 is 18.6 Å². The Morgan fingerprint density at radius 3 is 2.80 bits per heavy atom. The number of piperidine rings is 1. The van der Waals surface area contributed by atoms with Crippen LogP contribution in [-0.4, -0.2) is 41.0 Å². The van der Waals surface area contributed by atoms with Crippen molar-refractivity contribution in [1.82, 2.24) is 9.47 Å². The zero-order valence-corrected chi connectivity index (χ0v) is 17.8. The van der Waals surface area contributed by atoms with Crippen LogP contribution in [0.4, 0.5) is 0 Å². The predicted octanol–water partition coefficient (Wildman–Crippen LogP) is 4.31. The summed E-state index contributed by atoms with van der Waals surface area (Å²) in [6.07, 6.45) is 1.55. The molecule has 1 aromatic carbocycles. The van der Waals surface area contributed by atoms with Crippen LogP contribution >= 0.6 is 0 Å². The van der Waals surface area contributed by atoms with Gasteiger partial charge in [-0.2, -0.15) is 0 Å². The molecule has 0 spiro atoms. The lowest BCUT2D eigenvalue weighted by Gasteiger charge is -2.31. The number of likely N-dealkylation sites (tertiary alicyclic amines) is 1. The molecule has 0 bridgehead atoms. The van der Waals surface area contributed by atoms with Crippen LogP contribution in [0.1, 0.15) is 47.1 Å². The molecule has 0 saturated carbocycles. The summed E-state index contributed by atoms with van der Waals surface area (Å²) in [6, 6.07) is 12.1. The average molecular weight is 408 g/mol. The van der Waals surface area contributed by atoms with Crippen LogP contribution in [0, 0.1) is 19.8 Å². The maximum atomic E-state index is 13.5. The lowest BCUT2D eigenvalue weighted by atomic mass is 9.98. The lowest BCUT2D eigenvalue weighted by molar-refractivity contribution is -0.149. The van der Waals surface area contributed by atoms with Gasteiger partial charge >= 0.3 is 5.97 Å². The fourth-order valence-corrected chi connectivity index (χ4v) is 4.28. The van der Waals surface area contributed by atoms with Crippen LogP contribution in [0.25, 0.3) is 11.1 Å². The molecule has 0 N–H and O–H groups in total. The molecule has 6 nitrogen and oxygen atoms in total. The number of hydrogen-bond donors (Lipinski definition) is 0. The molecule has 3 heterocycles. The third-order valence-corrected chi connectivity index (χ3v) is 5.68. The van der Waals surface area contributed by atoms with Crippen LogP contribution in [0.2, 0.25) is 0 Å². The van der Waals surface area contributed by atoms with E-state index in [0.717, 1.165) is 29.7 Å². The molecule has 30 heavy (non-hydrogen) atoms. The van der Waals surface area contributed by atoms with E-state index in [1.165, 1.54) is 5.56 Å². The van der Waals surface area contributed by atoms with Crippen molar-refractivity contribution < 1.29 is 18.7 Å². The number of hydrogen-bond acceptors (Lipinski definition) is 4. The Kier molecular flexibility index (Phi) is 5.66. The fourth-order valence-electron chi connectivity index (χ4n) is 4.28. The molecule has 1 aliphatic rings. The minimum atomic E-state index is -0.256. The molecular formula is C24H28N2O4. The standard InChI is InChI=1S/C24H28N2O4/c1-4-29-24(28)19-9-6-10-25(15-19)23(27)21-13-22-20(12-17(3)30-22)26(21)14-18-8-5-7-16(2)11-18/h5,7-8,11-13,19H,4,6,9-10,14-15H2,1-3H3/t19-/m1/s1. The van der Waals surface area contributed by atoms with Gasteiger partial charge in [0.15, 0.2) is 5.58 Å². The first-order chi connectivity index (χ1) is 14.5. The maximum absolute atomic E-state index is 13.5. The molecule has 3 aromatic rings. The van der Waals surface area contributed by atoms with Crippen LogP contribution < -0.4 is 0 Å². The highest BCUT2D eigenvalue weighted by atomic mass is 16.5. The number of nitrogens with zero attached hydrogens (tertiary/aromatic N) is 2. The van der Waals surface area contributed by atoms with E-state index < -0.39 is 0 Å². The number of benzene rings is 1. The first-order valence-electron chi connectivity index (χ1n) is 10.6. The number of carbonyl (C=O) groups excluding carboxylic acids is 2. The van der Waals surface area contributed by atoms with Crippen molar-refractivity contribution >= 4 is 23.0 Å². The van der Waals surface area contributed by atoms with E-state index in [1.807, 2.05) is 29.7 Å². The van der Waals surface area contributed by atoms with Crippen molar-refractivity contribution in [2.75, 3.05) is 19.7 Å². The van der Waals surface area contributed by atoms with E-state index in [1.54, 1.807) is 11.8 Å². The molecule has 1 fully saturated rings. The molecule has 0 unspecified atom stereocenters. The Hall–Kier alpha value is -3.02. The maximum Gasteiger partial charge on any atom is 0.310 e. The number of carbonyl (C=O) groups is 2. The van der Waals surface area contributed by atoms with Crippen LogP contribution in [0.15, 0.2) is 40.8 Å². The van der Waals surface area contributed by atoms with Crippen molar-refractivity contribution in [2.24, 2.45) is 5.92 Å². The van der Waals surface area contributed by atoms with E-state index in [-0.39, 0.29) is 17.8 Å². The number of furan rings is 1. The molecule has 0 aliphatic carbocycles. The minimum absolute atomic E-state index is 0.0688. The highest BCUT2D eigenvalue weighted by Gasteiger charge is 2.31. The minimum Gasteiger partial charge on any atom is -0.466 e. The highest BCUT2D eigenvalue weighted by Crippen LogP contribution is 2.27. The number of aryl methyl sites for hydroxylation is 2. The molecule has 2 aromatic heterocycles. The van der Waals surface area contributed by atoms with E-state index >= 15 is 0 Å². The number of rotatable bonds is 5. The third-order valence-electron chi connectivity index (χ3n) is 5.68. The van der Waals surface area contributed by atoms with E-state index in [9.17, 15) is 9.59 Å². The van der Waals surface area contributed by atoms with Crippen molar-refractivity contribution in [3.63, 3.8) is 0 Å². The lowest BCUT2D eigenvalue weighted by Crippen LogP contribution is -2.43. The molecule has 1 atom stereocenters. The Bertz CT molecular complexity index is 1080. The Morgan fingerprint density at radius 2 is 2.03 bits per heavy atom. The van der Waals surface area contributed by atoms with Gasteiger partial charge in [-0.1, -0.05) is 29.8 Å². The second-order valence-corrected chi connectivity index (χ2v) is 8.05. The summed E-state index contributed by atoms with van der Waals surface area (Å²) in [5.74, 6) is 0.278. The van der Waals surface area contributed by atoms with Gasteiger partial charge in [0.25, 0.3) is 5.91 Å². The summed E-state index contributed by atoms with van der Waals surface area (Å²) in [7, 11) is 0. The Labute approximate surface area is 176 Å². The van der Waals surface area contributed by atoms with Crippen LogP contribution in [0.3, 0.4) is 0 Å². The van der Waals surface area contributed by atoms with E-state index in [2.05, 4.69) is 25.1 Å². The van der Waals surface area contributed by atoms with Gasteiger partial charge in [-0.15, -0.1) is 0 Å². The average Bonchev–Trinajstić information content (AvgIpc) is 3.25. The molecule has 4 rings (SSSR count). The Balaban J connectivity index is 1.65. The second-order valence-electron chi connectivity index (χ2n) is 8.05. The van der Waals surface area contributed by atoms with Gasteiger partial charge in [-0.3, -0.25) is 9.59 Å². The molecule has 1 aliphatic heterocycles. The SMILES string of the molecule is CCOC(=O)[C@@H]1CCCN(C(=O)c2cc3oc(C)cc3n2Cc2cccc(C)c2)C1. The van der Waals surface area contributed by atoms with Gasteiger partial charge in [0.2, 0.25) is 0 Å². The number of amides is 1. The summed E-state index contributed by atoms with van der Waals surface area (Å²) in [4.78, 5) is 27.4. The van der Waals surface area contributed by atoms with Crippen molar-refractivity contribution in [1.29, 1.82) is 0 Å². The Morgan fingerprint density at radius 1 is 1.20 bits per heavy atom. The van der Waals surface area contributed by atoms with Crippen molar-refractivity contribution in [3.05, 3.63) is 59.0 Å². The van der Waals surface area contributed by atoms with Gasteiger partial charge in [0, 0.05) is 31.8 Å². The zero-order chi connectivity index (χ0) is 21.3. The predicted molar refractivity (Wildman–Crippen MR) is 114 cm³/mol. The second kappa shape index (κ2) is 8.38. The number of ether oxygens (including phenoxy) is 1. The fraction of sp³-hybridized carbons (Fsp3) is 0.417. The quantitative estimate of drug-likeness (QED) is 0.590. The molecule has 1 amide bonds. The van der Waals surface area contributed by atoms with Gasteiger partial charge in [0.1, 0.15) is 11.5 Å². The van der Waals surface area contributed by atoms with Crippen LogP contribution in [0.5, 0.6) is 0 Å².